The molecule has 0 aliphatic heterocycles. The maximum absolute atomic E-state index is 11.6. The first-order chi connectivity index (χ1) is 6.23. The Balaban J connectivity index is 3.47. The van der Waals surface area contributed by atoms with Gasteiger partial charge in [-0.25, -0.2) is 19.0 Å². The lowest BCUT2D eigenvalue weighted by atomic mass is 9.92. The lowest BCUT2D eigenvalue weighted by Gasteiger charge is -2.20. The molecule has 78 valence electrons. The smallest absolute Gasteiger partial charge is 0.115 e. The van der Waals surface area contributed by atoms with Crippen LogP contribution in [0.5, 0.6) is 0 Å². The van der Waals surface area contributed by atoms with E-state index < -0.39 is 9.73 Å². The predicted octanol–water partition coefficient (Wildman–Crippen LogP) is 1.81. The summed E-state index contributed by atoms with van der Waals surface area (Å²) in [5.41, 5.74) is 0.479. The number of nitrogens with one attached hydrogen (secondary N) is 1. The Bertz CT molecular complexity index is 432. The molecule has 0 bridgehead atoms. The number of hydrogen-bond acceptors (Lipinski definition) is 4. The molecule has 0 saturated heterocycles. The van der Waals surface area contributed by atoms with Crippen molar-refractivity contribution < 1.29 is 4.21 Å². The highest BCUT2D eigenvalue weighted by Gasteiger charge is 2.22. The first-order valence-electron chi connectivity index (χ1n) is 4.27. The van der Waals surface area contributed by atoms with Gasteiger partial charge in [0.05, 0.1) is 20.3 Å². The van der Waals surface area contributed by atoms with Crippen LogP contribution in [0.1, 0.15) is 26.5 Å². The van der Waals surface area contributed by atoms with Crippen LogP contribution in [0.25, 0.3) is 0 Å². The Kier molecular flexibility index (Phi) is 2.63. The number of aromatic nitrogens is 2. The summed E-state index contributed by atoms with van der Waals surface area (Å²) in [7, 11) is -2.74. The summed E-state index contributed by atoms with van der Waals surface area (Å²) in [5.74, 6) is 0. The molecule has 4 nitrogen and oxygen atoms in total. The average Bonchev–Trinajstić information content (AvgIpc) is 2.01. The third-order valence-corrected chi connectivity index (χ3v) is 2.95. The molecule has 1 N–H and O–H groups in total. The van der Waals surface area contributed by atoms with Gasteiger partial charge in [0.15, 0.2) is 0 Å². The van der Waals surface area contributed by atoms with Gasteiger partial charge >= 0.3 is 0 Å². The van der Waals surface area contributed by atoms with E-state index >= 15 is 0 Å². The van der Waals surface area contributed by atoms with Crippen LogP contribution in [0.2, 0.25) is 0 Å². The van der Waals surface area contributed by atoms with Crippen molar-refractivity contribution in [2.45, 2.75) is 31.1 Å². The van der Waals surface area contributed by atoms with Crippen LogP contribution in [-0.2, 0) is 15.1 Å². The molecule has 5 heteroatoms. The molecule has 1 rings (SSSR count). The van der Waals surface area contributed by atoms with Gasteiger partial charge in [0.1, 0.15) is 6.33 Å². The first-order valence-corrected chi connectivity index (χ1v) is 6.24. The second kappa shape index (κ2) is 3.31. The van der Waals surface area contributed by atoms with E-state index in [0.29, 0.717) is 10.6 Å². The molecular formula is C9H15N3OS. The summed E-state index contributed by atoms with van der Waals surface area (Å²) in [6.07, 6.45) is 4.29. The average molecular weight is 213 g/mol. The third-order valence-electron chi connectivity index (χ3n) is 1.81. The Hall–Kier alpha value is -0.970. The molecule has 1 atom stereocenters. The Morgan fingerprint density at radius 3 is 2.36 bits per heavy atom. The SMILES string of the molecule is CC(C)(C)c1ncncc1[S@@](C)(=N)=O. The number of nitrogens with zero attached hydrogens (tertiary/aromatic N) is 2. The second-order valence-corrected chi connectivity index (χ2v) is 6.46. The quantitative estimate of drug-likeness (QED) is 0.773. The van der Waals surface area contributed by atoms with E-state index in [1.165, 1.54) is 18.8 Å². The fraction of sp³-hybridized carbons (Fsp3) is 0.556. The summed E-state index contributed by atoms with van der Waals surface area (Å²) in [5, 5.41) is 0. The number of rotatable bonds is 1. The van der Waals surface area contributed by atoms with Gasteiger partial charge in [0, 0.05) is 17.9 Å². The van der Waals surface area contributed by atoms with Crippen LogP contribution < -0.4 is 0 Å². The fourth-order valence-corrected chi connectivity index (χ4v) is 2.16. The van der Waals surface area contributed by atoms with Crippen LogP contribution in [0.4, 0.5) is 0 Å². The van der Waals surface area contributed by atoms with E-state index in [1.807, 2.05) is 20.8 Å². The number of hydrogen-bond donors (Lipinski definition) is 1. The van der Waals surface area contributed by atoms with Gasteiger partial charge in [0.25, 0.3) is 0 Å². The van der Waals surface area contributed by atoms with Crippen molar-refractivity contribution in [3.05, 3.63) is 18.2 Å². The Morgan fingerprint density at radius 1 is 1.43 bits per heavy atom. The van der Waals surface area contributed by atoms with Gasteiger partial charge in [-0.1, -0.05) is 20.8 Å². The van der Waals surface area contributed by atoms with Crippen molar-refractivity contribution in [1.82, 2.24) is 9.97 Å². The minimum Gasteiger partial charge on any atom is -0.249 e. The molecule has 1 heterocycles. The molecule has 0 fully saturated rings. The van der Waals surface area contributed by atoms with Crippen LogP contribution in [0, 0.1) is 4.78 Å². The molecule has 0 radical (unpaired) electrons. The van der Waals surface area contributed by atoms with E-state index in [1.54, 1.807) is 0 Å². The fourth-order valence-electron chi connectivity index (χ4n) is 1.17. The van der Waals surface area contributed by atoms with E-state index in [-0.39, 0.29) is 5.41 Å². The van der Waals surface area contributed by atoms with E-state index in [4.69, 9.17) is 4.78 Å². The third kappa shape index (κ3) is 2.29. The molecule has 0 aliphatic carbocycles. The van der Waals surface area contributed by atoms with Crippen molar-refractivity contribution in [3.8, 4) is 0 Å². The largest absolute Gasteiger partial charge is 0.249 e. The maximum Gasteiger partial charge on any atom is 0.115 e. The highest BCUT2D eigenvalue weighted by atomic mass is 32.2. The summed E-state index contributed by atoms with van der Waals surface area (Å²) >= 11 is 0. The standard InChI is InChI=1S/C9H15N3OS/c1-9(2,3)8-7(14(4,10)13)5-11-6-12-8/h5-6,10H,1-4H3/t14-/m0/s1. The first kappa shape index (κ1) is 11.1. The van der Waals surface area contributed by atoms with Crippen molar-refractivity contribution in [2.75, 3.05) is 6.26 Å². The minimum absolute atomic E-state index is 0.210. The molecule has 0 spiro atoms. The summed E-state index contributed by atoms with van der Waals surface area (Å²) in [4.78, 5) is 8.36. The van der Waals surface area contributed by atoms with Crippen molar-refractivity contribution in [1.29, 1.82) is 4.78 Å². The predicted molar refractivity (Wildman–Crippen MR) is 55.8 cm³/mol. The Morgan fingerprint density at radius 2 is 2.00 bits per heavy atom. The molecule has 0 aromatic carbocycles. The van der Waals surface area contributed by atoms with Crippen molar-refractivity contribution >= 4 is 9.73 Å². The molecule has 1 aromatic heterocycles. The molecule has 0 aliphatic rings. The summed E-state index contributed by atoms with van der Waals surface area (Å²) in [6.45, 7) is 5.93. The molecule has 0 unspecified atom stereocenters. The van der Waals surface area contributed by atoms with E-state index in [9.17, 15) is 4.21 Å². The highest BCUT2D eigenvalue weighted by molar-refractivity contribution is 7.91. The maximum atomic E-state index is 11.6. The van der Waals surface area contributed by atoms with Crippen LogP contribution >= 0.6 is 0 Å². The van der Waals surface area contributed by atoms with Crippen LogP contribution in [0.3, 0.4) is 0 Å². The zero-order valence-electron chi connectivity index (χ0n) is 8.87. The molecule has 1 aromatic rings. The topological polar surface area (TPSA) is 66.7 Å². The molecule has 0 saturated carbocycles. The van der Waals surface area contributed by atoms with Gasteiger partial charge < -0.3 is 0 Å². The molecular weight excluding hydrogens is 198 g/mol. The van der Waals surface area contributed by atoms with E-state index in [0.717, 1.165) is 0 Å². The molecule has 14 heavy (non-hydrogen) atoms. The van der Waals surface area contributed by atoms with E-state index in [2.05, 4.69) is 9.97 Å². The van der Waals surface area contributed by atoms with Gasteiger partial charge in [-0.05, 0) is 0 Å². The second-order valence-electron chi connectivity index (χ2n) is 4.33. The van der Waals surface area contributed by atoms with Crippen molar-refractivity contribution in [2.24, 2.45) is 0 Å². The van der Waals surface area contributed by atoms with Crippen molar-refractivity contribution in [3.63, 3.8) is 0 Å². The van der Waals surface area contributed by atoms with Gasteiger partial charge in [0.2, 0.25) is 0 Å². The zero-order chi connectivity index (χ0) is 11.0. The summed E-state index contributed by atoms with van der Waals surface area (Å²) < 4.78 is 19.2. The lowest BCUT2D eigenvalue weighted by Crippen LogP contribution is -2.18. The van der Waals surface area contributed by atoms with Gasteiger partial charge in [-0.2, -0.15) is 0 Å². The minimum atomic E-state index is -2.74. The zero-order valence-corrected chi connectivity index (χ0v) is 9.68. The lowest BCUT2D eigenvalue weighted by molar-refractivity contribution is 0.548. The van der Waals surface area contributed by atoms with Crippen LogP contribution in [0.15, 0.2) is 17.4 Å². The highest BCUT2D eigenvalue weighted by Crippen LogP contribution is 2.25. The normalized spacial score (nSPS) is 16.3. The van der Waals surface area contributed by atoms with Crippen LogP contribution in [-0.4, -0.2) is 20.4 Å². The van der Waals surface area contributed by atoms with Gasteiger partial charge in [-0.3, -0.25) is 0 Å². The Labute approximate surface area is 84.8 Å². The van der Waals surface area contributed by atoms with Gasteiger partial charge in [-0.15, -0.1) is 0 Å². The molecule has 0 amide bonds. The monoisotopic (exact) mass is 213 g/mol. The summed E-state index contributed by atoms with van der Waals surface area (Å²) in [6, 6.07) is 0.